The van der Waals surface area contributed by atoms with Crippen LogP contribution in [0.5, 0.6) is 0 Å². The van der Waals surface area contributed by atoms with Crippen LogP contribution in [0.4, 0.5) is 17.1 Å². The molecule has 0 unspecified atom stereocenters. The van der Waals surface area contributed by atoms with Gasteiger partial charge in [0.05, 0.1) is 33.3 Å². The quantitative estimate of drug-likeness (QED) is 0.149. The molecule has 0 aliphatic rings. The molecule has 0 aliphatic carbocycles. The maximum absolute atomic E-state index is 2.50. The second kappa shape index (κ2) is 15.4. The fraction of sp³-hybridized carbons (Fsp3) is 0. The first-order valence-electron chi connectivity index (χ1n) is 22.6. The molecule has 3 heterocycles. The fourth-order valence-corrected chi connectivity index (χ4v) is 10.4. The molecule has 3 aromatic heterocycles. The van der Waals surface area contributed by atoms with E-state index in [4.69, 9.17) is 0 Å². The van der Waals surface area contributed by atoms with Gasteiger partial charge in [-0.1, -0.05) is 164 Å². The van der Waals surface area contributed by atoms with E-state index >= 15 is 0 Å². The molecule has 0 spiro atoms. The molecule has 0 fully saturated rings. The van der Waals surface area contributed by atoms with E-state index in [1.54, 1.807) is 0 Å². The Morgan fingerprint density at radius 2 is 0.697 bits per heavy atom. The highest BCUT2D eigenvalue weighted by atomic mass is 15.1. The summed E-state index contributed by atoms with van der Waals surface area (Å²) < 4.78 is 7.36. The zero-order valence-corrected chi connectivity index (χ0v) is 36.0. The van der Waals surface area contributed by atoms with Crippen LogP contribution in [0.2, 0.25) is 0 Å². The summed E-state index contributed by atoms with van der Waals surface area (Å²) in [7, 11) is 0. The topological polar surface area (TPSA) is 18.0 Å². The minimum absolute atomic E-state index is 1.08. The van der Waals surface area contributed by atoms with Gasteiger partial charge < -0.3 is 18.6 Å². The van der Waals surface area contributed by atoms with Crippen LogP contribution in [0.25, 0.3) is 94.0 Å². The summed E-state index contributed by atoms with van der Waals surface area (Å²) in [5.74, 6) is 0. The SMILES string of the molecule is c1ccc(-c2c(-c3ccccc3)n(-c3ccccc3)c3c2ccc2c4ccccc4n(-c4ccc(N(c5ccccc5)c5ccc6c(c5)c5ccccc5n6-c5ccccc5)cc4)c23)cc1. The van der Waals surface area contributed by atoms with Gasteiger partial charge in [0.15, 0.2) is 0 Å². The molecule has 13 aromatic rings. The number of anilines is 3. The van der Waals surface area contributed by atoms with E-state index < -0.39 is 0 Å². The van der Waals surface area contributed by atoms with Crippen LogP contribution in [0, 0.1) is 0 Å². The highest BCUT2D eigenvalue weighted by molar-refractivity contribution is 6.22. The molecule has 0 radical (unpaired) electrons. The predicted octanol–water partition coefficient (Wildman–Crippen LogP) is 16.6. The van der Waals surface area contributed by atoms with Crippen molar-refractivity contribution in [1.82, 2.24) is 13.7 Å². The highest BCUT2D eigenvalue weighted by Crippen LogP contribution is 2.48. The monoisotopic (exact) mass is 842 g/mol. The van der Waals surface area contributed by atoms with Crippen molar-refractivity contribution in [3.05, 3.63) is 255 Å². The zero-order chi connectivity index (χ0) is 43.6. The number of aromatic nitrogens is 3. The van der Waals surface area contributed by atoms with Gasteiger partial charge in [-0.15, -0.1) is 0 Å². The number of benzene rings is 10. The molecule has 13 rings (SSSR count). The van der Waals surface area contributed by atoms with Gasteiger partial charge in [-0.3, -0.25) is 0 Å². The third kappa shape index (κ3) is 5.93. The van der Waals surface area contributed by atoms with E-state index in [9.17, 15) is 0 Å². The Balaban J connectivity index is 1.05. The van der Waals surface area contributed by atoms with Gasteiger partial charge in [0.1, 0.15) is 0 Å². The van der Waals surface area contributed by atoms with Crippen molar-refractivity contribution in [3.63, 3.8) is 0 Å². The Kier molecular flexibility index (Phi) is 8.81. The van der Waals surface area contributed by atoms with Crippen LogP contribution in [-0.4, -0.2) is 13.7 Å². The first kappa shape index (κ1) is 37.7. The van der Waals surface area contributed by atoms with Crippen LogP contribution in [0.1, 0.15) is 0 Å². The normalized spacial score (nSPS) is 11.6. The molecular weight excluding hydrogens is 801 g/mol. The maximum atomic E-state index is 2.50. The van der Waals surface area contributed by atoms with Gasteiger partial charge >= 0.3 is 0 Å². The van der Waals surface area contributed by atoms with E-state index in [0.29, 0.717) is 0 Å². The molecule has 0 saturated carbocycles. The van der Waals surface area contributed by atoms with Crippen molar-refractivity contribution in [1.29, 1.82) is 0 Å². The lowest BCUT2D eigenvalue weighted by Crippen LogP contribution is -2.10. The number of para-hydroxylation sites is 5. The van der Waals surface area contributed by atoms with Gasteiger partial charge in [-0.25, -0.2) is 0 Å². The van der Waals surface area contributed by atoms with Gasteiger partial charge in [0, 0.05) is 66.6 Å². The van der Waals surface area contributed by atoms with E-state index in [-0.39, 0.29) is 0 Å². The molecule has 0 bridgehead atoms. The first-order valence-corrected chi connectivity index (χ1v) is 22.6. The zero-order valence-electron chi connectivity index (χ0n) is 36.0. The van der Waals surface area contributed by atoms with E-state index in [2.05, 4.69) is 273 Å². The minimum atomic E-state index is 1.08. The van der Waals surface area contributed by atoms with E-state index in [0.717, 1.165) is 39.6 Å². The number of rotatable bonds is 8. The Labute approximate surface area is 382 Å². The largest absolute Gasteiger partial charge is 0.310 e. The number of hydrogen-bond donors (Lipinski definition) is 0. The molecule has 4 nitrogen and oxygen atoms in total. The highest BCUT2D eigenvalue weighted by Gasteiger charge is 2.26. The third-order valence-electron chi connectivity index (χ3n) is 13.2. The first-order chi connectivity index (χ1) is 32.8. The molecular formula is C62H42N4. The fourth-order valence-electron chi connectivity index (χ4n) is 10.4. The Hall–Kier alpha value is -8.86. The standard InChI is InChI=1S/C62H42N4/c1-6-20-43(21-7-1)59-54-40-39-53-51-30-16-19-33-57(51)65(61(53)62(54)66(47-28-14-5-15-29-47)60(59)44-22-8-2-9-23-44)49-36-34-48(35-37-49)63(45-24-10-3-11-25-45)50-38-41-58-55(42-50)52-31-17-18-32-56(52)64(58)46-26-12-4-13-27-46/h1-42H. The maximum Gasteiger partial charge on any atom is 0.0789 e. The molecule has 0 amide bonds. The Morgan fingerprint density at radius 3 is 1.35 bits per heavy atom. The van der Waals surface area contributed by atoms with Crippen LogP contribution < -0.4 is 4.90 Å². The smallest absolute Gasteiger partial charge is 0.0789 e. The van der Waals surface area contributed by atoms with Crippen LogP contribution >= 0.6 is 0 Å². The summed E-state index contributed by atoms with van der Waals surface area (Å²) in [6.07, 6.45) is 0. The lowest BCUT2D eigenvalue weighted by atomic mass is 9.98. The lowest BCUT2D eigenvalue weighted by molar-refractivity contribution is 1.12. The molecule has 10 aromatic carbocycles. The summed E-state index contributed by atoms with van der Waals surface area (Å²) in [5, 5.41) is 6.08. The van der Waals surface area contributed by atoms with Crippen molar-refractivity contribution in [2.45, 2.75) is 0 Å². The molecule has 0 atom stereocenters. The third-order valence-corrected chi connectivity index (χ3v) is 13.2. The van der Waals surface area contributed by atoms with Crippen molar-refractivity contribution in [2.24, 2.45) is 0 Å². The average Bonchev–Trinajstić information content (AvgIpc) is 4.04. The molecule has 0 N–H and O–H groups in total. The van der Waals surface area contributed by atoms with Gasteiger partial charge in [0.25, 0.3) is 0 Å². The van der Waals surface area contributed by atoms with Crippen LogP contribution in [0.15, 0.2) is 255 Å². The van der Waals surface area contributed by atoms with Crippen molar-refractivity contribution in [2.75, 3.05) is 4.90 Å². The number of hydrogen-bond acceptors (Lipinski definition) is 1. The van der Waals surface area contributed by atoms with E-state index in [1.165, 1.54) is 71.4 Å². The summed E-state index contributed by atoms with van der Waals surface area (Å²) in [6.45, 7) is 0. The van der Waals surface area contributed by atoms with Crippen LogP contribution in [0.3, 0.4) is 0 Å². The van der Waals surface area contributed by atoms with Crippen LogP contribution in [-0.2, 0) is 0 Å². The van der Waals surface area contributed by atoms with Crippen molar-refractivity contribution >= 4 is 71.6 Å². The van der Waals surface area contributed by atoms with Gasteiger partial charge in [-0.2, -0.15) is 0 Å². The summed E-state index contributed by atoms with van der Waals surface area (Å²) in [6, 6.07) is 92.3. The number of fused-ring (bicyclic) bond motifs is 8. The van der Waals surface area contributed by atoms with Crippen molar-refractivity contribution < 1.29 is 0 Å². The minimum Gasteiger partial charge on any atom is -0.310 e. The Bertz CT molecular complexity index is 3890. The predicted molar refractivity (Wildman–Crippen MR) is 278 cm³/mol. The van der Waals surface area contributed by atoms with Gasteiger partial charge in [-0.05, 0) is 102 Å². The molecule has 0 saturated heterocycles. The average molecular weight is 843 g/mol. The molecule has 310 valence electrons. The van der Waals surface area contributed by atoms with Gasteiger partial charge in [0.2, 0.25) is 0 Å². The Morgan fingerprint density at radius 1 is 0.258 bits per heavy atom. The molecule has 4 heteroatoms. The second-order valence-electron chi connectivity index (χ2n) is 16.9. The van der Waals surface area contributed by atoms with Crippen molar-refractivity contribution in [3.8, 4) is 39.4 Å². The van der Waals surface area contributed by atoms with E-state index in [1.807, 2.05) is 0 Å². The second-order valence-corrected chi connectivity index (χ2v) is 16.9. The lowest BCUT2D eigenvalue weighted by Gasteiger charge is -2.26. The number of nitrogens with zero attached hydrogens (tertiary/aromatic N) is 4. The summed E-state index contributed by atoms with van der Waals surface area (Å²) in [4.78, 5) is 2.38. The summed E-state index contributed by atoms with van der Waals surface area (Å²) in [5.41, 5.74) is 17.2. The summed E-state index contributed by atoms with van der Waals surface area (Å²) >= 11 is 0. The molecule has 66 heavy (non-hydrogen) atoms. The molecule has 0 aliphatic heterocycles.